The predicted molar refractivity (Wildman–Crippen MR) is 32.9 cm³/mol. The molecule has 0 aliphatic heterocycles. The maximum absolute atomic E-state index is 11.6. The first-order chi connectivity index (χ1) is 4.43. The van der Waals surface area contributed by atoms with Crippen LogP contribution < -0.4 is 0 Å². The molecule has 0 aromatic carbocycles. The molecule has 1 aromatic rings. The Labute approximate surface area is 53.1 Å². The minimum atomic E-state index is -0.251. The van der Waals surface area contributed by atoms with E-state index in [1.807, 2.05) is 6.07 Å². The summed E-state index contributed by atoms with van der Waals surface area (Å²) in [7, 11) is 0. The van der Waals surface area contributed by atoms with Gasteiger partial charge in [0.1, 0.15) is 0 Å². The third-order valence-electron chi connectivity index (χ3n) is 1.14. The minimum Gasteiger partial charge on any atom is -0.283 e. The second-order valence-electron chi connectivity index (χ2n) is 1.87. The molecule has 1 N–H and O–H groups in total. The van der Waals surface area contributed by atoms with Gasteiger partial charge in [0.15, 0.2) is 0 Å². The second kappa shape index (κ2) is 3.22. The van der Waals surface area contributed by atoms with Crippen LogP contribution in [-0.2, 0) is 6.42 Å². The Bertz CT molecular complexity index is 148. The highest BCUT2D eigenvalue weighted by molar-refractivity contribution is 4.96. The number of aromatic nitrogens is 2. The number of H-pyrrole nitrogens is 1. The molecule has 0 saturated heterocycles. The number of nitrogens with one attached hydrogen (secondary N) is 1. The average molecular weight is 128 g/mol. The van der Waals surface area contributed by atoms with Gasteiger partial charge in [-0.15, -0.1) is 0 Å². The number of aryl methyl sites for hydroxylation is 1. The van der Waals surface area contributed by atoms with Gasteiger partial charge >= 0.3 is 0 Å². The van der Waals surface area contributed by atoms with Crippen molar-refractivity contribution in [1.29, 1.82) is 0 Å². The van der Waals surface area contributed by atoms with Crippen LogP contribution in [0.25, 0.3) is 0 Å². The fourth-order valence-corrected chi connectivity index (χ4v) is 0.681. The first-order valence-electron chi connectivity index (χ1n) is 2.97. The molecule has 1 rings (SSSR count). The van der Waals surface area contributed by atoms with Crippen LogP contribution in [0.1, 0.15) is 12.1 Å². The van der Waals surface area contributed by atoms with E-state index >= 15 is 0 Å². The van der Waals surface area contributed by atoms with E-state index in [2.05, 4.69) is 10.2 Å². The predicted octanol–water partition coefficient (Wildman–Crippen LogP) is 1.31. The van der Waals surface area contributed by atoms with E-state index in [-0.39, 0.29) is 6.67 Å². The molecule has 9 heavy (non-hydrogen) atoms. The molecule has 0 atom stereocenters. The quantitative estimate of drug-likeness (QED) is 0.653. The zero-order valence-electron chi connectivity index (χ0n) is 5.10. The van der Waals surface area contributed by atoms with Crippen molar-refractivity contribution in [2.24, 2.45) is 0 Å². The van der Waals surface area contributed by atoms with E-state index in [1.54, 1.807) is 6.20 Å². The maximum Gasteiger partial charge on any atom is 0.0898 e. The van der Waals surface area contributed by atoms with Gasteiger partial charge < -0.3 is 0 Å². The zero-order chi connectivity index (χ0) is 6.53. The Morgan fingerprint density at radius 1 is 1.67 bits per heavy atom. The fourth-order valence-electron chi connectivity index (χ4n) is 0.681. The lowest BCUT2D eigenvalue weighted by Gasteiger charge is -1.88. The molecule has 2 nitrogen and oxygen atoms in total. The SMILES string of the molecule is FCCCc1ccn[nH]1. The summed E-state index contributed by atoms with van der Waals surface area (Å²) in [5, 5.41) is 6.48. The van der Waals surface area contributed by atoms with Crippen LogP contribution in [0.15, 0.2) is 12.3 Å². The summed E-state index contributed by atoms with van der Waals surface area (Å²) >= 11 is 0. The number of rotatable bonds is 3. The number of hydrogen-bond donors (Lipinski definition) is 1. The van der Waals surface area contributed by atoms with Crippen LogP contribution in [0.4, 0.5) is 4.39 Å². The molecule has 1 heterocycles. The fraction of sp³-hybridized carbons (Fsp3) is 0.500. The summed E-state index contributed by atoms with van der Waals surface area (Å²) in [6, 6.07) is 1.86. The molecule has 3 heteroatoms. The van der Waals surface area contributed by atoms with Crippen molar-refractivity contribution in [3.63, 3.8) is 0 Å². The molecular formula is C6H9FN2. The normalized spacial score (nSPS) is 9.89. The summed E-state index contributed by atoms with van der Waals surface area (Å²) < 4.78 is 11.6. The van der Waals surface area contributed by atoms with Gasteiger partial charge in [-0.25, -0.2) is 0 Å². The number of alkyl halides is 1. The van der Waals surface area contributed by atoms with Crippen molar-refractivity contribution in [1.82, 2.24) is 10.2 Å². The Morgan fingerprint density at radius 3 is 3.11 bits per heavy atom. The number of aromatic amines is 1. The first-order valence-corrected chi connectivity index (χ1v) is 2.97. The van der Waals surface area contributed by atoms with E-state index in [0.717, 1.165) is 12.1 Å². The van der Waals surface area contributed by atoms with Crippen molar-refractivity contribution in [3.05, 3.63) is 18.0 Å². The van der Waals surface area contributed by atoms with E-state index in [9.17, 15) is 4.39 Å². The Hall–Kier alpha value is -0.860. The zero-order valence-corrected chi connectivity index (χ0v) is 5.10. The molecule has 1 aromatic heterocycles. The largest absolute Gasteiger partial charge is 0.283 e. The summed E-state index contributed by atoms with van der Waals surface area (Å²) in [6.07, 6.45) is 3.02. The molecule has 0 radical (unpaired) electrons. The van der Waals surface area contributed by atoms with Gasteiger partial charge in [0, 0.05) is 11.9 Å². The van der Waals surface area contributed by atoms with Gasteiger partial charge in [-0.2, -0.15) is 5.10 Å². The summed E-state index contributed by atoms with van der Waals surface area (Å²) in [5.41, 5.74) is 1.01. The summed E-state index contributed by atoms with van der Waals surface area (Å²) in [4.78, 5) is 0. The van der Waals surface area contributed by atoms with Crippen molar-refractivity contribution in [3.8, 4) is 0 Å². The number of hydrogen-bond acceptors (Lipinski definition) is 1. The molecule has 0 aliphatic carbocycles. The van der Waals surface area contributed by atoms with Crippen molar-refractivity contribution in [2.75, 3.05) is 6.67 Å². The van der Waals surface area contributed by atoms with Crippen molar-refractivity contribution >= 4 is 0 Å². The van der Waals surface area contributed by atoms with E-state index in [4.69, 9.17) is 0 Å². The van der Waals surface area contributed by atoms with Crippen LogP contribution in [-0.4, -0.2) is 16.9 Å². The van der Waals surface area contributed by atoms with E-state index in [0.29, 0.717) is 6.42 Å². The number of halogens is 1. The first kappa shape index (κ1) is 6.26. The van der Waals surface area contributed by atoms with Crippen molar-refractivity contribution in [2.45, 2.75) is 12.8 Å². The van der Waals surface area contributed by atoms with Crippen LogP contribution in [0.5, 0.6) is 0 Å². The molecule has 0 bridgehead atoms. The lowest BCUT2D eigenvalue weighted by atomic mass is 10.2. The van der Waals surface area contributed by atoms with E-state index < -0.39 is 0 Å². The molecule has 0 spiro atoms. The maximum atomic E-state index is 11.6. The standard InChI is InChI=1S/C6H9FN2/c7-4-1-2-6-3-5-8-9-6/h3,5H,1-2,4H2,(H,8,9). The molecule has 0 aliphatic rings. The van der Waals surface area contributed by atoms with E-state index in [1.165, 1.54) is 0 Å². The minimum absolute atomic E-state index is 0.251. The summed E-state index contributed by atoms with van der Waals surface area (Å²) in [6.45, 7) is -0.251. The second-order valence-corrected chi connectivity index (χ2v) is 1.87. The Morgan fingerprint density at radius 2 is 2.56 bits per heavy atom. The third kappa shape index (κ3) is 1.83. The molecule has 0 saturated carbocycles. The van der Waals surface area contributed by atoms with Gasteiger partial charge in [0.25, 0.3) is 0 Å². The molecule has 0 unspecified atom stereocenters. The summed E-state index contributed by atoms with van der Waals surface area (Å²) in [5.74, 6) is 0. The highest BCUT2D eigenvalue weighted by atomic mass is 19.1. The van der Waals surface area contributed by atoms with Gasteiger partial charge in [0.05, 0.1) is 6.67 Å². The van der Waals surface area contributed by atoms with Gasteiger partial charge in [-0.05, 0) is 18.9 Å². The Kier molecular flexibility index (Phi) is 2.24. The molecule has 50 valence electrons. The Balaban J connectivity index is 2.30. The lowest BCUT2D eigenvalue weighted by molar-refractivity contribution is 0.471. The third-order valence-corrected chi connectivity index (χ3v) is 1.14. The molecule has 0 amide bonds. The van der Waals surface area contributed by atoms with Gasteiger partial charge in [-0.1, -0.05) is 0 Å². The highest BCUT2D eigenvalue weighted by Crippen LogP contribution is 1.96. The van der Waals surface area contributed by atoms with Crippen LogP contribution in [0, 0.1) is 0 Å². The van der Waals surface area contributed by atoms with Crippen LogP contribution >= 0.6 is 0 Å². The molecular weight excluding hydrogens is 119 g/mol. The molecule has 0 fully saturated rings. The monoisotopic (exact) mass is 128 g/mol. The smallest absolute Gasteiger partial charge is 0.0898 e. The average Bonchev–Trinajstić information content (AvgIpc) is 2.34. The highest BCUT2D eigenvalue weighted by Gasteiger charge is 1.90. The van der Waals surface area contributed by atoms with Crippen LogP contribution in [0.2, 0.25) is 0 Å². The van der Waals surface area contributed by atoms with Gasteiger partial charge in [0.2, 0.25) is 0 Å². The topological polar surface area (TPSA) is 28.7 Å². The van der Waals surface area contributed by atoms with Gasteiger partial charge in [-0.3, -0.25) is 9.49 Å². The lowest BCUT2D eigenvalue weighted by Crippen LogP contribution is -1.85. The van der Waals surface area contributed by atoms with Crippen molar-refractivity contribution < 1.29 is 4.39 Å². The van der Waals surface area contributed by atoms with Crippen LogP contribution in [0.3, 0.4) is 0 Å². The number of nitrogens with zero attached hydrogens (tertiary/aromatic N) is 1.